The molecule has 2 N–H and O–H groups in total. The summed E-state index contributed by atoms with van der Waals surface area (Å²) in [4.78, 5) is 29.7. The predicted molar refractivity (Wildman–Crippen MR) is 126 cm³/mol. The highest BCUT2D eigenvalue weighted by molar-refractivity contribution is 6.76. The number of carbonyl (C=O) groups is 1. The fraction of sp³-hybridized carbons (Fsp3) is 0.375. The molecule has 3 aromatic rings. The van der Waals surface area contributed by atoms with Crippen LogP contribution in [0.3, 0.4) is 0 Å². The number of nitrogens with zero attached hydrogens (tertiary/aromatic N) is 2. The Hall–Kier alpha value is -2.77. The van der Waals surface area contributed by atoms with E-state index < -0.39 is 13.5 Å². The molecule has 0 bridgehead atoms. The van der Waals surface area contributed by atoms with Gasteiger partial charge in [-0.15, -0.1) is 0 Å². The van der Waals surface area contributed by atoms with Gasteiger partial charge in [-0.05, 0) is 35.9 Å². The third kappa shape index (κ3) is 4.33. The van der Waals surface area contributed by atoms with Crippen LogP contribution in [0, 0.1) is 0 Å². The van der Waals surface area contributed by atoms with Crippen LogP contribution in [0.5, 0.6) is 0 Å². The number of rotatable bonds is 8. The molecule has 1 aliphatic rings. The van der Waals surface area contributed by atoms with E-state index in [-0.39, 0.29) is 18.2 Å². The van der Waals surface area contributed by atoms with Gasteiger partial charge in [-0.25, -0.2) is 0 Å². The molecular formula is C24H29N3O3Si. The van der Waals surface area contributed by atoms with Crippen LogP contribution >= 0.6 is 0 Å². The number of carbonyl (C=O) groups excluding carboxylic acids is 1. The molecule has 1 saturated carbocycles. The molecule has 0 aliphatic heterocycles. The van der Waals surface area contributed by atoms with Crippen LogP contribution in [0.25, 0.3) is 21.9 Å². The lowest BCUT2D eigenvalue weighted by molar-refractivity contribution is -0.120. The van der Waals surface area contributed by atoms with Crippen molar-refractivity contribution in [2.75, 3.05) is 6.61 Å². The molecule has 0 spiro atoms. The topological polar surface area (TPSA) is 87.2 Å². The third-order valence-corrected chi connectivity index (χ3v) is 7.70. The molecule has 2 aromatic heterocycles. The number of hydrogen-bond acceptors (Lipinski definition) is 4. The maximum Gasteiger partial charge on any atom is 0.261 e. The van der Waals surface area contributed by atoms with Crippen molar-refractivity contribution < 1.29 is 9.53 Å². The zero-order valence-corrected chi connectivity index (χ0v) is 19.4. The van der Waals surface area contributed by atoms with Crippen LogP contribution in [0.1, 0.15) is 18.5 Å². The summed E-state index contributed by atoms with van der Waals surface area (Å²) in [5, 5.41) is 1.30. The summed E-state index contributed by atoms with van der Waals surface area (Å²) in [7, 11) is -1.20. The van der Waals surface area contributed by atoms with Crippen molar-refractivity contribution in [2.24, 2.45) is 5.73 Å². The van der Waals surface area contributed by atoms with Gasteiger partial charge in [0.15, 0.2) is 0 Å². The monoisotopic (exact) mass is 435 g/mol. The maximum absolute atomic E-state index is 13.2. The normalized spacial score (nSPS) is 15.2. The van der Waals surface area contributed by atoms with Crippen LogP contribution in [-0.4, -0.2) is 30.1 Å². The number of primary amides is 1. The fourth-order valence-corrected chi connectivity index (χ4v) is 4.54. The smallest absolute Gasteiger partial charge is 0.261 e. The molecule has 31 heavy (non-hydrogen) atoms. The van der Waals surface area contributed by atoms with Crippen molar-refractivity contribution in [3.8, 4) is 11.1 Å². The van der Waals surface area contributed by atoms with E-state index >= 15 is 0 Å². The van der Waals surface area contributed by atoms with E-state index in [2.05, 4.69) is 24.6 Å². The Morgan fingerprint density at radius 2 is 1.90 bits per heavy atom. The van der Waals surface area contributed by atoms with E-state index in [1.807, 2.05) is 42.6 Å². The minimum Gasteiger partial charge on any atom is -0.369 e. The SMILES string of the molecule is C[Si](C)(C)CCOCn1cc(-c2ccccc2)c2cc(C3(C(N)=O)CC3)ncc2c1=O. The summed E-state index contributed by atoms with van der Waals surface area (Å²) in [5.41, 5.74) is 7.35. The average Bonchev–Trinajstić information content (AvgIpc) is 3.54. The quantitative estimate of drug-likeness (QED) is 0.429. The van der Waals surface area contributed by atoms with Crippen molar-refractivity contribution >= 4 is 24.8 Å². The highest BCUT2D eigenvalue weighted by Gasteiger charge is 2.51. The molecule has 6 nitrogen and oxygen atoms in total. The molecular weight excluding hydrogens is 406 g/mol. The Balaban J connectivity index is 1.78. The lowest BCUT2D eigenvalue weighted by Gasteiger charge is -2.17. The second-order valence-electron chi connectivity index (χ2n) is 9.59. The number of pyridine rings is 2. The van der Waals surface area contributed by atoms with Gasteiger partial charge in [-0.3, -0.25) is 19.1 Å². The molecule has 1 amide bonds. The van der Waals surface area contributed by atoms with Crippen LogP contribution in [0.2, 0.25) is 25.7 Å². The Bertz CT molecular complexity index is 1180. The van der Waals surface area contributed by atoms with Crippen LogP contribution in [0.4, 0.5) is 0 Å². The van der Waals surface area contributed by atoms with Crippen molar-refractivity contribution in [2.45, 2.75) is 50.7 Å². The molecule has 0 unspecified atom stereocenters. The Morgan fingerprint density at radius 1 is 1.19 bits per heavy atom. The van der Waals surface area contributed by atoms with Gasteiger partial charge < -0.3 is 10.5 Å². The molecule has 162 valence electrons. The van der Waals surface area contributed by atoms with E-state index in [9.17, 15) is 9.59 Å². The number of fused-ring (bicyclic) bond motifs is 1. The van der Waals surface area contributed by atoms with Gasteiger partial charge in [0, 0.05) is 32.6 Å². The van der Waals surface area contributed by atoms with Gasteiger partial charge in [0.25, 0.3) is 5.56 Å². The van der Waals surface area contributed by atoms with Gasteiger partial charge in [0.1, 0.15) is 6.73 Å². The summed E-state index contributed by atoms with van der Waals surface area (Å²) in [6, 6.07) is 12.8. The minimum atomic E-state index is -1.20. The Kier molecular flexibility index (Phi) is 5.57. The van der Waals surface area contributed by atoms with Crippen molar-refractivity contribution in [3.63, 3.8) is 0 Å². The first-order valence-corrected chi connectivity index (χ1v) is 14.4. The molecule has 2 heterocycles. The van der Waals surface area contributed by atoms with Crippen LogP contribution in [0.15, 0.2) is 53.6 Å². The fourth-order valence-electron chi connectivity index (χ4n) is 3.79. The summed E-state index contributed by atoms with van der Waals surface area (Å²) >= 11 is 0. The maximum atomic E-state index is 13.2. The summed E-state index contributed by atoms with van der Waals surface area (Å²) < 4.78 is 7.46. The first-order chi connectivity index (χ1) is 14.7. The van der Waals surface area contributed by atoms with Crippen LogP contribution in [-0.2, 0) is 21.7 Å². The van der Waals surface area contributed by atoms with E-state index in [1.165, 1.54) is 0 Å². The first kappa shape index (κ1) is 21.5. The van der Waals surface area contributed by atoms with Crippen molar-refractivity contribution in [3.05, 3.63) is 64.8 Å². The van der Waals surface area contributed by atoms with E-state index in [0.29, 0.717) is 30.5 Å². The second-order valence-corrected chi connectivity index (χ2v) is 15.2. The largest absolute Gasteiger partial charge is 0.369 e. The van der Waals surface area contributed by atoms with Gasteiger partial charge in [0.2, 0.25) is 5.91 Å². The van der Waals surface area contributed by atoms with E-state index in [0.717, 1.165) is 22.6 Å². The summed E-state index contributed by atoms with van der Waals surface area (Å²) in [6.07, 6.45) is 4.83. The molecule has 1 fully saturated rings. The number of benzene rings is 1. The molecule has 0 radical (unpaired) electrons. The van der Waals surface area contributed by atoms with Gasteiger partial charge in [-0.2, -0.15) is 0 Å². The lowest BCUT2D eigenvalue weighted by atomic mass is 9.96. The van der Waals surface area contributed by atoms with Gasteiger partial charge in [0.05, 0.1) is 16.5 Å². The minimum absolute atomic E-state index is 0.148. The first-order valence-electron chi connectivity index (χ1n) is 10.7. The zero-order valence-electron chi connectivity index (χ0n) is 18.4. The number of ether oxygens (including phenoxy) is 1. The van der Waals surface area contributed by atoms with Gasteiger partial charge >= 0.3 is 0 Å². The number of amides is 1. The predicted octanol–water partition coefficient (Wildman–Crippen LogP) is 3.89. The average molecular weight is 436 g/mol. The van der Waals surface area contributed by atoms with E-state index in [1.54, 1.807) is 10.8 Å². The third-order valence-electron chi connectivity index (χ3n) is 5.99. The Labute approximate surface area is 183 Å². The number of nitrogens with two attached hydrogens (primary N) is 1. The summed E-state index contributed by atoms with van der Waals surface area (Å²) in [6.45, 7) is 7.74. The molecule has 1 aromatic carbocycles. The lowest BCUT2D eigenvalue weighted by Crippen LogP contribution is -2.29. The second kappa shape index (κ2) is 8.05. The van der Waals surface area contributed by atoms with E-state index in [4.69, 9.17) is 10.5 Å². The molecule has 1 aliphatic carbocycles. The van der Waals surface area contributed by atoms with Crippen LogP contribution < -0.4 is 11.3 Å². The molecule has 0 saturated heterocycles. The standard InChI is InChI=1S/C24H29N3O3Si/c1-31(2,3)12-11-30-16-27-15-20(17-7-5-4-6-8-17)18-13-21(24(9-10-24)23(25)29)26-14-19(18)22(27)28/h4-8,13-15H,9-12,16H2,1-3H3,(H2,25,29). The zero-order chi connectivity index (χ0) is 22.2. The highest BCUT2D eigenvalue weighted by atomic mass is 28.3. The number of hydrogen-bond donors (Lipinski definition) is 1. The molecule has 0 atom stereocenters. The number of aromatic nitrogens is 2. The molecule has 4 rings (SSSR count). The summed E-state index contributed by atoms with van der Waals surface area (Å²) in [5.74, 6) is -0.357. The van der Waals surface area contributed by atoms with Crippen molar-refractivity contribution in [1.82, 2.24) is 9.55 Å². The van der Waals surface area contributed by atoms with Gasteiger partial charge in [-0.1, -0.05) is 50.0 Å². The Morgan fingerprint density at radius 3 is 2.52 bits per heavy atom. The molecule has 7 heteroatoms. The highest BCUT2D eigenvalue weighted by Crippen LogP contribution is 2.47. The van der Waals surface area contributed by atoms with Crippen molar-refractivity contribution in [1.29, 1.82) is 0 Å².